The Morgan fingerprint density at radius 3 is 2.38 bits per heavy atom. The highest BCUT2D eigenvalue weighted by Gasteiger charge is 2.11. The van der Waals surface area contributed by atoms with Gasteiger partial charge in [-0.15, -0.1) is 0 Å². The molecule has 0 heterocycles. The van der Waals surface area contributed by atoms with Gasteiger partial charge in [-0.2, -0.15) is 0 Å². The molecule has 0 saturated heterocycles. The van der Waals surface area contributed by atoms with Crippen molar-refractivity contribution < 1.29 is 4.39 Å². The molecule has 0 N–H and O–H groups in total. The first-order valence-electron chi connectivity index (χ1n) is 4.85. The molecular formula is C12H17F. The fourth-order valence-corrected chi connectivity index (χ4v) is 1.62. The van der Waals surface area contributed by atoms with Gasteiger partial charge in [0.25, 0.3) is 0 Å². The Hall–Kier alpha value is -0.850. The van der Waals surface area contributed by atoms with Crippen LogP contribution in [0.15, 0.2) is 12.1 Å². The van der Waals surface area contributed by atoms with Gasteiger partial charge in [0, 0.05) is 0 Å². The molecule has 0 saturated carbocycles. The van der Waals surface area contributed by atoms with Crippen LogP contribution in [-0.2, 0) is 6.42 Å². The molecule has 0 atom stereocenters. The van der Waals surface area contributed by atoms with Crippen molar-refractivity contribution >= 4 is 0 Å². The highest BCUT2D eigenvalue weighted by atomic mass is 19.1. The zero-order valence-electron chi connectivity index (χ0n) is 8.82. The summed E-state index contributed by atoms with van der Waals surface area (Å²) in [4.78, 5) is 0. The van der Waals surface area contributed by atoms with E-state index in [-0.39, 0.29) is 11.7 Å². The second-order valence-corrected chi connectivity index (χ2v) is 3.77. The zero-order valence-corrected chi connectivity index (χ0v) is 8.82. The Morgan fingerprint density at radius 1 is 1.31 bits per heavy atom. The largest absolute Gasteiger partial charge is 0.206 e. The molecule has 0 aliphatic rings. The first-order valence-corrected chi connectivity index (χ1v) is 4.85. The van der Waals surface area contributed by atoms with Crippen LogP contribution in [0.3, 0.4) is 0 Å². The lowest BCUT2D eigenvalue weighted by molar-refractivity contribution is 0.582. The maximum absolute atomic E-state index is 13.8. The van der Waals surface area contributed by atoms with Crippen molar-refractivity contribution in [3.63, 3.8) is 0 Å². The summed E-state index contributed by atoms with van der Waals surface area (Å²) in [6.45, 7) is 8.00. The third-order valence-corrected chi connectivity index (χ3v) is 2.48. The van der Waals surface area contributed by atoms with E-state index >= 15 is 0 Å². The van der Waals surface area contributed by atoms with Crippen LogP contribution in [0.2, 0.25) is 0 Å². The molecule has 0 spiro atoms. The molecule has 0 radical (unpaired) electrons. The summed E-state index contributed by atoms with van der Waals surface area (Å²) in [6, 6.07) is 3.91. The van der Waals surface area contributed by atoms with Crippen molar-refractivity contribution in [1.29, 1.82) is 0 Å². The molecule has 0 aliphatic carbocycles. The number of halogens is 1. The highest BCUT2D eigenvalue weighted by molar-refractivity contribution is 5.34. The summed E-state index contributed by atoms with van der Waals surface area (Å²) in [5.41, 5.74) is 2.76. The third-order valence-electron chi connectivity index (χ3n) is 2.48. The van der Waals surface area contributed by atoms with E-state index in [1.54, 1.807) is 0 Å². The van der Waals surface area contributed by atoms with Gasteiger partial charge in [0.1, 0.15) is 5.82 Å². The summed E-state index contributed by atoms with van der Waals surface area (Å²) < 4.78 is 13.8. The maximum atomic E-state index is 13.8. The van der Waals surface area contributed by atoms with E-state index in [2.05, 4.69) is 0 Å². The van der Waals surface area contributed by atoms with Gasteiger partial charge < -0.3 is 0 Å². The van der Waals surface area contributed by atoms with Gasteiger partial charge in [-0.1, -0.05) is 32.9 Å². The molecule has 1 heteroatoms. The molecule has 72 valence electrons. The van der Waals surface area contributed by atoms with Crippen LogP contribution in [0, 0.1) is 12.7 Å². The van der Waals surface area contributed by atoms with Gasteiger partial charge in [0.2, 0.25) is 0 Å². The summed E-state index contributed by atoms with van der Waals surface area (Å²) >= 11 is 0. The van der Waals surface area contributed by atoms with E-state index in [1.807, 2.05) is 39.8 Å². The summed E-state index contributed by atoms with van der Waals surface area (Å²) in [6.07, 6.45) is 0.776. The van der Waals surface area contributed by atoms with Crippen molar-refractivity contribution in [3.05, 3.63) is 34.6 Å². The van der Waals surface area contributed by atoms with Gasteiger partial charge in [-0.3, -0.25) is 0 Å². The van der Waals surface area contributed by atoms with E-state index in [9.17, 15) is 4.39 Å². The van der Waals surface area contributed by atoms with Gasteiger partial charge in [0.05, 0.1) is 0 Å². The average Bonchev–Trinajstić information content (AvgIpc) is 2.04. The normalized spacial score (nSPS) is 10.9. The lowest BCUT2D eigenvalue weighted by atomic mass is 9.96. The molecule has 0 amide bonds. The monoisotopic (exact) mass is 180 g/mol. The number of hydrogen-bond acceptors (Lipinski definition) is 0. The van der Waals surface area contributed by atoms with Crippen molar-refractivity contribution in [1.82, 2.24) is 0 Å². The topological polar surface area (TPSA) is 0 Å². The van der Waals surface area contributed by atoms with Crippen LogP contribution < -0.4 is 0 Å². The minimum absolute atomic E-state index is 0.00231. The third kappa shape index (κ3) is 1.90. The molecule has 1 aromatic rings. The lowest BCUT2D eigenvalue weighted by Crippen LogP contribution is -2.00. The fourth-order valence-electron chi connectivity index (χ4n) is 1.62. The van der Waals surface area contributed by atoms with E-state index in [0.29, 0.717) is 0 Å². The van der Waals surface area contributed by atoms with Crippen molar-refractivity contribution in [2.45, 2.75) is 40.0 Å². The van der Waals surface area contributed by atoms with Crippen LogP contribution in [-0.4, -0.2) is 0 Å². The summed E-state index contributed by atoms with van der Waals surface area (Å²) in [7, 11) is 0. The molecular weight excluding hydrogens is 163 g/mol. The molecule has 0 bridgehead atoms. The zero-order chi connectivity index (χ0) is 10.0. The molecule has 13 heavy (non-hydrogen) atoms. The highest BCUT2D eigenvalue weighted by Crippen LogP contribution is 2.23. The van der Waals surface area contributed by atoms with Gasteiger partial charge >= 0.3 is 0 Å². The average molecular weight is 180 g/mol. The standard InChI is InChI=1S/C12H17F/c1-5-10-9(4)6-7-11(8(2)3)12(10)13/h6-8H,5H2,1-4H3. The van der Waals surface area contributed by atoms with Gasteiger partial charge in [-0.25, -0.2) is 4.39 Å². The molecule has 0 nitrogen and oxygen atoms in total. The Labute approximate surface area is 79.8 Å². The van der Waals surface area contributed by atoms with Crippen LogP contribution >= 0.6 is 0 Å². The van der Waals surface area contributed by atoms with E-state index in [4.69, 9.17) is 0 Å². The first-order chi connectivity index (χ1) is 6.07. The Morgan fingerprint density at radius 2 is 1.92 bits per heavy atom. The van der Waals surface area contributed by atoms with E-state index < -0.39 is 0 Å². The molecule has 0 fully saturated rings. The minimum Gasteiger partial charge on any atom is -0.206 e. The van der Waals surface area contributed by atoms with Gasteiger partial charge in [0.15, 0.2) is 0 Å². The number of rotatable bonds is 2. The number of benzene rings is 1. The Bertz CT molecular complexity index is 300. The maximum Gasteiger partial charge on any atom is 0.130 e. The van der Waals surface area contributed by atoms with Crippen molar-refractivity contribution in [2.24, 2.45) is 0 Å². The number of aryl methyl sites for hydroxylation is 1. The van der Waals surface area contributed by atoms with Crippen molar-refractivity contribution in [2.75, 3.05) is 0 Å². The lowest BCUT2D eigenvalue weighted by Gasteiger charge is -2.12. The second-order valence-electron chi connectivity index (χ2n) is 3.77. The van der Waals surface area contributed by atoms with Crippen molar-refractivity contribution in [3.8, 4) is 0 Å². The molecule has 0 aromatic heterocycles. The van der Waals surface area contributed by atoms with Crippen LogP contribution in [0.1, 0.15) is 43.4 Å². The molecule has 0 aliphatic heterocycles. The van der Waals surface area contributed by atoms with E-state index in [0.717, 1.165) is 23.1 Å². The molecule has 1 rings (SSSR count). The van der Waals surface area contributed by atoms with Crippen LogP contribution in [0.5, 0.6) is 0 Å². The SMILES string of the molecule is CCc1c(C)ccc(C(C)C)c1F. The second kappa shape index (κ2) is 3.91. The van der Waals surface area contributed by atoms with Crippen LogP contribution in [0.25, 0.3) is 0 Å². The van der Waals surface area contributed by atoms with E-state index in [1.165, 1.54) is 0 Å². The molecule has 1 aromatic carbocycles. The van der Waals surface area contributed by atoms with Gasteiger partial charge in [-0.05, 0) is 36.0 Å². The summed E-state index contributed by atoms with van der Waals surface area (Å²) in [5.74, 6) is 0.267. The quantitative estimate of drug-likeness (QED) is 0.649. The smallest absolute Gasteiger partial charge is 0.130 e. The Balaban J connectivity index is 3.27. The summed E-state index contributed by atoms with van der Waals surface area (Å²) in [5, 5.41) is 0. The predicted octanol–water partition coefficient (Wildman–Crippen LogP) is 3.82. The minimum atomic E-state index is -0.00231. The fraction of sp³-hybridized carbons (Fsp3) is 0.500. The Kier molecular flexibility index (Phi) is 3.07. The first kappa shape index (κ1) is 10.2. The molecule has 0 unspecified atom stereocenters. The predicted molar refractivity (Wildman–Crippen MR) is 54.6 cm³/mol. The number of hydrogen-bond donors (Lipinski definition) is 0. The van der Waals surface area contributed by atoms with Crippen LogP contribution in [0.4, 0.5) is 4.39 Å².